The Morgan fingerprint density at radius 3 is 2.25 bits per heavy atom. The Morgan fingerprint density at radius 1 is 0.750 bits per heavy atom. The minimum atomic E-state index is 0.720. The summed E-state index contributed by atoms with van der Waals surface area (Å²) in [4.78, 5) is 12.1. The van der Waals surface area contributed by atoms with E-state index in [2.05, 4.69) is 47.2 Å². The molecule has 0 aliphatic carbocycles. The Bertz CT molecular complexity index is 1260. The Hall–Kier alpha value is -3.30. The van der Waals surface area contributed by atoms with E-state index in [4.69, 9.17) is 16.6 Å². The van der Waals surface area contributed by atoms with Crippen LogP contribution in [0.1, 0.15) is 5.69 Å². The zero-order chi connectivity index (χ0) is 19.1. The molecule has 136 valence electrons. The zero-order valence-electron chi connectivity index (χ0n) is 15.3. The first-order valence-electron chi connectivity index (χ1n) is 9.20. The second kappa shape index (κ2) is 6.70. The van der Waals surface area contributed by atoms with Crippen LogP contribution < -0.4 is 0 Å². The molecule has 0 aliphatic heterocycles. The number of halogens is 1. The molecule has 5 rings (SSSR count). The third kappa shape index (κ3) is 2.81. The number of para-hydroxylation sites is 1. The van der Waals surface area contributed by atoms with E-state index >= 15 is 0 Å². The van der Waals surface area contributed by atoms with Crippen LogP contribution in [0.4, 0.5) is 0 Å². The first-order valence-corrected chi connectivity index (χ1v) is 9.57. The van der Waals surface area contributed by atoms with Gasteiger partial charge in [0.25, 0.3) is 0 Å². The van der Waals surface area contributed by atoms with Crippen molar-refractivity contribution < 1.29 is 0 Å². The first-order chi connectivity index (χ1) is 13.7. The van der Waals surface area contributed by atoms with Gasteiger partial charge in [-0.25, -0.2) is 4.98 Å². The number of hydrogen-bond donors (Lipinski definition) is 2. The maximum atomic E-state index is 6.10. The maximum absolute atomic E-state index is 6.10. The summed E-state index contributed by atoms with van der Waals surface area (Å²) >= 11 is 6.10. The van der Waals surface area contributed by atoms with Crippen molar-refractivity contribution in [2.75, 3.05) is 0 Å². The second-order valence-electron chi connectivity index (χ2n) is 6.85. The predicted molar refractivity (Wildman–Crippen MR) is 116 cm³/mol. The smallest absolute Gasteiger partial charge is 0.140 e. The lowest BCUT2D eigenvalue weighted by atomic mass is 10.1. The number of aryl methyl sites for hydroxylation is 1. The Labute approximate surface area is 168 Å². The van der Waals surface area contributed by atoms with Crippen molar-refractivity contribution in [1.29, 1.82) is 0 Å². The molecule has 0 atom stereocenters. The van der Waals surface area contributed by atoms with Gasteiger partial charge in [0.2, 0.25) is 0 Å². The molecule has 0 saturated carbocycles. The van der Waals surface area contributed by atoms with Gasteiger partial charge < -0.3 is 9.97 Å². The van der Waals surface area contributed by atoms with E-state index in [0.29, 0.717) is 0 Å². The van der Waals surface area contributed by atoms with Crippen molar-refractivity contribution in [3.8, 4) is 33.9 Å². The van der Waals surface area contributed by atoms with Gasteiger partial charge in [-0.2, -0.15) is 0 Å². The molecule has 5 aromatic rings. The van der Waals surface area contributed by atoms with Crippen LogP contribution in [-0.4, -0.2) is 15.0 Å². The van der Waals surface area contributed by atoms with Crippen LogP contribution in [0.2, 0.25) is 5.02 Å². The van der Waals surface area contributed by atoms with Crippen molar-refractivity contribution in [3.63, 3.8) is 0 Å². The van der Waals surface area contributed by atoms with E-state index in [9.17, 15) is 0 Å². The van der Waals surface area contributed by atoms with Crippen LogP contribution in [0.15, 0.2) is 78.9 Å². The number of fused-ring (bicyclic) bond motifs is 1. The summed E-state index contributed by atoms with van der Waals surface area (Å²) in [5.74, 6) is 0.860. The highest BCUT2D eigenvalue weighted by molar-refractivity contribution is 6.30. The Kier molecular flexibility index (Phi) is 4.03. The number of hydrogen-bond acceptors (Lipinski definition) is 1. The van der Waals surface area contributed by atoms with Crippen molar-refractivity contribution in [3.05, 3.63) is 89.6 Å². The lowest BCUT2D eigenvalue weighted by Crippen LogP contribution is -1.83. The Balaban J connectivity index is 1.76. The number of imidazole rings is 1. The van der Waals surface area contributed by atoms with E-state index < -0.39 is 0 Å². The number of H-pyrrole nitrogens is 2. The molecule has 2 N–H and O–H groups in total. The summed E-state index contributed by atoms with van der Waals surface area (Å²) in [7, 11) is 0. The summed E-state index contributed by atoms with van der Waals surface area (Å²) in [6.07, 6.45) is 0. The zero-order valence-corrected chi connectivity index (χ0v) is 16.1. The quantitative estimate of drug-likeness (QED) is 0.351. The van der Waals surface area contributed by atoms with Gasteiger partial charge in [0.05, 0.1) is 11.4 Å². The summed E-state index contributed by atoms with van der Waals surface area (Å²) in [6.45, 7) is 2.09. The fourth-order valence-corrected chi connectivity index (χ4v) is 3.83. The second-order valence-corrected chi connectivity index (χ2v) is 7.29. The molecule has 2 heterocycles. The van der Waals surface area contributed by atoms with E-state index in [1.807, 2.05) is 48.5 Å². The molecule has 0 amide bonds. The summed E-state index contributed by atoms with van der Waals surface area (Å²) < 4.78 is 0. The highest BCUT2D eigenvalue weighted by atomic mass is 35.5. The average Bonchev–Trinajstić information content (AvgIpc) is 3.29. The lowest BCUT2D eigenvalue weighted by Gasteiger charge is -2.03. The maximum Gasteiger partial charge on any atom is 0.140 e. The largest absolute Gasteiger partial charge is 0.358 e. The number of aromatic amines is 2. The van der Waals surface area contributed by atoms with Crippen molar-refractivity contribution in [2.24, 2.45) is 0 Å². The van der Waals surface area contributed by atoms with Gasteiger partial charge >= 0.3 is 0 Å². The van der Waals surface area contributed by atoms with Gasteiger partial charge in [-0.3, -0.25) is 0 Å². The van der Waals surface area contributed by atoms with Crippen LogP contribution in [-0.2, 0) is 0 Å². The molecule has 28 heavy (non-hydrogen) atoms. The van der Waals surface area contributed by atoms with Gasteiger partial charge in [-0.15, -0.1) is 0 Å². The third-order valence-corrected chi connectivity index (χ3v) is 5.27. The van der Waals surface area contributed by atoms with Crippen LogP contribution in [0.25, 0.3) is 44.8 Å². The van der Waals surface area contributed by atoms with Gasteiger partial charge in [0, 0.05) is 38.3 Å². The summed E-state index contributed by atoms with van der Waals surface area (Å²) in [5.41, 5.74) is 7.36. The van der Waals surface area contributed by atoms with E-state index in [1.54, 1.807) is 0 Å². The predicted octanol–water partition coefficient (Wildman–Crippen LogP) is 6.85. The molecule has 4 heteroatoms. The minimum Gasteiger partial charge on any atom is -0.358 e. The van der Waals surface area contributed by atoms with Crippen molar-refractivity contribution in [1.82, 2.24) is 15.0 Å². The van der Waals surface area contributed by atoms with Gasteiger partial charge in [0.15, 0.2) is 0 Å². The van der Waals surface area contributed by atoms with E-state index in [0.717, 1.165) is 55.5 Å². The topological polar surface area (TPSA) is 44.5 Å². The third-order valence-electron chi connectivity index (χ3n) is 5.01. The van der Waals surface area contributed by atoms with Gasteiger partial charge in [-0.05, 0) is 25.1 Å². The first kappa shape index (κ1) is 16.8. The fraction of sp³-hybridized carbons (Fsp3) is 0.0417. The van der Waals surface area contributed by atoms with Gasteiger partial charge in [0.1, 0.15) is 5.82 Å². The molecular weight excluding hydrogens is 366 g/mol. The molecule has 0 fully saturated rings. The molecular formula is C24H18ClN3. The number of rotatable bonds is 3. The van der Waals surface area contributed by atoms with Crippen LogP contribution in [0, 0.1) is 6.92 Å². The number of benzene rings is 3. The normalized spacial score (nSPS) is 11.2. The Morgan fingerprint density at radius 2 is 1.46 bits per heavy atom. The molecule has 0 bridgehead atoms. The van der Waals surface area contributed by atoms with Crippen molar-refractivity contribution >= 4 is 22.5 Å². The van der Waals surface area contributed by atoms with Gasteiger partial charge in [-0.1, -0.05) is 72.3 Å². The fourth-order valence-electron chi connectivity index (χ4n) is 3.70. The standard InChI is InChI=1S/C24H18ClN3/c1-15-21(19-9-5-6-10-20(19)26-15)24-27-22(16-7-3-2-4-8-16)23(28-24)17-11-13-18(25)14-12-17/h2-14,26H,1H3,(H,27,28). The molecule has 0 spiro atoms. The highest BCUT2D eigenvalue weighted by Gasteiger charge is 2.19. The summed E-state index contributed by atoms with van der Waals surface area (Å²) in [5, 5.41) is 1.88. The summed E-state index contributed by atoms with van der Waals surface area (Å²) in [6, 6.07) is 26.4. The molecule has 0 saturated heterocycles. The van der Waals surface area contributed by atoms with Crippen LogP contribution in [0.3, 0.4) is 0 Å². The van der Waals surface area contributed by atoms with Crippen LogP contribution in [0.5, 0.6) is 0 Å². The SMILES string of the molecule is Cc1[nH]c2ccccc2c1-c1nc(-c2ccccc2)c(-c2ccc(Cl)cc2)[nH]1. The molecule has 0 unspecified atom stereocenters. The molecule has 0 radical (unpaired) electrons. The van der Waals surface area contributed by atoms with E-state index in [-0.39, 0.29) is 0 Å². The minimum absolute atomic E-state index is 0.720. The lowest BCUT2D eigenvalue weighted by molar-refractivity contribution is 1.25. The molecule has 0 aliphatic rings. The van der Waals surface area contributed by atoms with Crippen LogP contribution >= 0.6 is 11.6 Å². The molecule has 3 aromatic carbocycles. The molecule has 2 aromatic heterocycles. The monoisotopic (exact) mass is 383 g/mol. The van der Waals surface area contributed by atoms with Crippen molar-refractivity contribution in [2.45, 2.75) is 6.92 Å². The van der Waals surface area contributed by atoms with E-state index in [1.165, 1.54) is 0 Å². The number of aromatic nitrogens is 3. The molecule has 3 nitrogen and oxygen atoms in total. The number of nitrogens with zero attached hydrogens (tertiary/aromatic N) is 1. The number of nitrogens with one attached hydrogen (secondary N) is 2. The average molecular weight is 384 g/mol. The highest BCUT2D eigenvalue weighted by Crippen LogP contribution is 2.36.